The van der Waals surface area contributed by atoms with Crippen molar-refractivity contribution < 1.29 is 38.1 Å². The molecule has 1 saturated heterocycles. The van der Waals surface area contributed by atoms with Gasteiger partial charge in [-0.25, -0.2) is 4.79 Å². The summed E-state index contributed by atoms with van der Waals surface area (Å²) in [5.74, 6) is -2.14. The van der Waals surface area contributed by atoms with Crippen LogP contribution in [0.25, 0.3) is 0 Å². The van der Waals surface area contributed by atoms with Crippen LogP contribution < -0.4 is 21.1 Å². The van der Waals surface area contributed by atoms with Crippen molar-refractivity contribution in [1.82, 2.24) is 10.6 Å². The van der Waals surface area contributed by atoms with Crippen LogP contribution in [0.5, 0.6) is 5.75 Å². The molecule has 4 N–H and O–H groups in total. The first-order valence-corrected chi connectivity index (χ1v) is 17.0. The van der Waals surface area contributed by atoms with Gasteiger partial charge < -0.3 is 35.3 Å². The number of amides is 2. The van der Waals surface area contributed by atoms with E-state index in [1.165, 1.54) is 13.2 Å². The van der Waals surface area contributed by atoms with Crippen LogP contribution in [0.4, 0.5) is 0 Å². The highest BCUT2D eigenvalue weighted by Gasteiger charge is 2.48. The third-order valence-corrected chi connectivity index (χ3v) is 9.12. The van der Waals surface area contributed by atoms with Crippen LogP contribution in [0.1, 0.15) is 70.3 Å². The van der Waals surface area contributed by atoms with Crippen molar-refractivity contribution in [3.63, 3.8) is 0 Å². The van der Waals surface area contributed by atoms with Gasteiger partial charge in [0.05, 0.1) is 23.7 Å². The molecule has 2 aromatic carbocycles. The maximum absolute atomic E-state index is 13.6. The van der Waals surface area contributed by atoms with E-state index in [1.807, 2.05) is 45.0 Å². The summed E-state index contributed by atoms with van der Waals surface area (Å²) >= 11 is 6.32. The van der Waals surface area contributed by atoms with Crippen LogP contribution in [0.2, 0.25) is 5.02 Å². The van der Waals surface area contributed by atoms with E-state index < -0.39 is 47.4 Å². The Hall–Kier alpha value is -3.93. The summed E-state index contributed by atoms with van der Waals surface area (Å²) in [6.07, 6.45) is 1.18. The Morgan fingerprint density at radius 1 is 1.02 bits per heavy atom. The molecular formula is C37H48ClN3O8. The Kier molecular flexibility index (Phi) is 12.9. The number of nitrogens with one attached hydrogen (secondary N) is 2. The average Bonchev–Trinajstić information content (AvgIpc) is 3.86. The molecule has 2 aromatic rings. The molecule has 0 aliphatic carbocycles. The summed E-state index contributed by atoms with van der Waals surface area (Å²) in [4.78, 5) is 53.7. The van der Waals surface area contributed by atoms with Crippen molar-refractivity contribution in [2.75, 3.05) is 13.7 Å². The van der Waals surface area contributed by atoms with Gasteiger partial charge in [-0.3, -0.25) is 14.4 Å². The topological polar surface area (TPSA) is 159 Å². The third-order valence-electron chi connectivity index (χ3n) is 8.82. The van der Waals surface area contributed by atoms with Crippen LogP contribution in [0.3, 0.4) is 0 Å². The van der Waals surface area contributed by atoms with Gasteiger partial charge in [0.25, 0.3) is 0 Å². The number of halogens is 1. The highest BCUT2D eigenvalue weighted by atomic mass is 35.5. The predicted octanol–water partition coefficient (Wildman–Crippen LogP) is 4.58. The molecule has 0 spiro atoms. The largest absolute Gasteiger partial charge is 0.495 e. The normalized spacial score (nSPS) is 25.5. The zero-order chi connectivity index (χ0) is 35.9. The summed E-state index contributed by atoms with van der Waals surface area (Å²) in [6, 6.07) is 12.0. The number of methoxy groups -OCH3 is 1. The van der Waals surface area contributed by atoms with Crippen LogP contribution in [-0.4, -0.2) is 61.8 Å². The van der Waals surface area contributed by atoms with E-state index in [0.29, 0.717) is 22.9 Å². The van der Waals surface area contributed by atoms with Gasteiger partial charge in [0.15, 0.2) is 6.10 Å². The maximum Gasteiger partial charge on any atom is 0.347 e. The molecule has 0 aromatic heterocycles. The van der Waals surface area contributed by atoms with Crippen molar-refractivity contribution in [1.29, 1.82) is 0 Å². The molecule has 0 unspecified atom stereocenters. The number of rotatable bonds is 9. The molecule has 12 heteroatoms. The number of carbonyl (C=O) groups excluding carboxylic acids is 4. The number of ether oxygens (including phenoxy) is 4. The molecule has 2 aliphatic heterocycles. The van der Waals surface area contributed by atoms with E-state index in [9.17, 15) is 19.2 Å². The summed E-state index contributed by atoms with van der Waals surface area (Å²) in [5.41, 5.74) is 7.22. The van der Waals surface area contributed by atoms with E-state index in [-0.39, 0.29) is 49.9 Å². The van der Waals surface area contributed by atoms with Gasteiger partial charge in [0, 0.05) is 31.8 Å². The Balaban J connectivity index is 1.60. The number of cyclic esters (lactones) is 2. The Bertz CT molecular complexity index is 1530. The molecule has 6 atom stereocenters. The second kappa shape index (κ2) is 16.7. The first-order valence-electron chi connectivity index (χ1n) is 16.7. The Morgan fingerprint density at radius 3 is 2.35 bits per heavy atom. The molecule has 0 radical (unpaired) electrons. The van der Waals surface area contributed by atoms with E-state index >= 15 is 0 Å². The highest BCUT2D eigenvalue weighted by Crippen LogP contribution is 2.45. The molecule has 2 aliphatic rings. The van der Waals surface area contributed by atoms with Crippen molar-refractivity contribution in [2.45, 2.75) is 90.9 Å². The molecule has 11 nitrogen and oxygen atoms in total. The smallest absolute Gasteiger partial charge is 0.347 e. The fourth-order valence-corrected chi connectivity index (χ4v) is 5.95. The number of esters is 2. The molecule has 2 heterocycles. The highest BCUT2D eigenvalue weighted by molar-refractivity contribution is 6.32. The van der Waals surface area contributed by atoms with E-state index in [2.05, 4.69) is 10.6 Å². The monoisotopic (exact) mass is 697 g/mol. The van der Waals surface area contributed by atoms with Crippen LogP contribution in [-0.2, 0) is 46.4 Å². The lowest BCUT2D eigenvalue weighted by atomic mass is 9.92. The number of hydrogen-bond donors (Lipinski definition) is 3. The van der Waals surface area contributed by atoms with E-state index in [0.717, 1.165) is 11.1 Å². The number of epoxide rings is 1. The van der Waals surface area contributed by atoms with E-state index in [1.54, 1.807) is 38.1 Å². The van der Waals surface area contributed by atoms with Crippen molar-refractivity contribution >= 4 is 35.4 Å². The summed E-state index contributed by atoms with van der Waals surface area (Å²) in [7, 11) is 1.50. The van der Waals surface area contributed by atoms with Gasteiger partial charge in [-0.2, -0.15) is 0 Å². The summed E-state index contributed by atoms with van der Waals surface area (Å²) < 4.78 is 23.1. The molecule has 49 heavy (non-hydrogen) atoms. The first-order chi connectivity index (χ1) is 23.2. The van der Waals surface area contributed by atoms with Gasteiger partial charge >= 0.3 is 11.9 Å². The number of nitrogens with two attached hydrogens (primary N) is 1. The van der Waals surface area contributed by atoms with Gasteiger partial charge in [0.2, 0.25) is 11.8 Å². The van der Waals surface area contributed by atoms with Crippen LogP contribution in [0, 0.1) is 17.3 Å². The van der Waals surface area contributed by atoms with Crippen molar-refractivity contribution in [2.24, 2.45) is 23.0 Å². The number of hydrogen-bond acceptors (Lipinski definition) is 9. The Morgan fingerprint density at radius 2 is 1.71 bits per heavy atom. The SMILES string of the molecule is COc1ccc(C[C@H]2NC(=O)C=CC[C@@H]([C@H](C)[C@@H]3O[C@H]3c3ccc(CN)cc3)OC(=O)[C@H](CC(C)C)OC(=O)C(C)(C)CNC2=O)cc1Cl. The van der Waals surface area contributed by atoms with Crippen molar-refractivity contribution in [3.8, 4) is 5.75 Å². The second-order valence-corrected chi connectivity index (χ2v) is 14.2. The number of benzene rings is 2. The fraction of sp³-hybridized carbons (Fsp3) is 0.514. The standard InChI is InChI=1S/C37H48ClN3O8/c1-21(2)16-30-35(44)47-28(22(3)32-33(49-32)25-13-10-23(19-39)11-14-25)8-7-9-31(42)41-27(18-24-12-15-29(46-6)26(38)17-24)34(43)40-20-37(4,5)36(45)48-30/h7,9-15,17,21-22,27-28,30,32-33H,8,16,18-20,39H2,1-6H3,(H,40,43)(H,41,42)/t22-,27+,28-,30-,32-,33-/m0/s1. The van der Waals surface area contributed by atoms with Gasteiger partial charge in [0.1, 0.15) is 24.0 Å². The quantitative estimate of drug-likeness (QED) is 0.252. The second-order valence-electron chi connectivity index (χ2n) is 13.8. The van der Waals surface area contributed by atoms with Gasteiger partial charge in [-0.1, -0.05) is 68.8 Å². The predicted molar refractivity (Wildman–Crippen MR) is 185 cm³/mol. The lowest BCUT2D eigenvalue weighted by molar-refractivity contribution is -0.179. The molecule has 0 saturated carbocycles. The average molecular weight is 698 g/mol. The zero-order valence-corrected chi connectivity index (χ0v) is 29.8. The zero-order valence-electron chi connectivity index (χ0n) is 29.0. The van der Waals surface area contributed by atoms with Crippen LogP contribution in [0.15, 0.2) is 54.6 Å². The molecule has 1 fully saturated rings. The van der Waals surface area contributed by atoms with Crippen LogP contribution >= 0.6 is 11.6 Å². The number of carbonyl (C=O) groups is 4. The minimum absolute atomic E-state index is 0.0121. The lowest BCUT2D eigenvalue weighted by Crippen LogP contribution is -2.51. The van der Waals surface area contributed by atoms with Crippen molar-refractivity contribution in [3.05, 3.63) is 76.3 Å². The molecular weight excluding hydrogens is 650 g/mol. The molecule has 0 bridgehead atoms. The van der Waals surface area contributed by atoms with Gasteiger partial charge in [-0.15, -0.1) is 0 Å². The maximum atomic E-state index is 13.6. The minimum Gasteiger partial charge on any atom is -0.495 e. The third kappa shape index (κ3) is 10.3. The van der Waals surface area contributed by atoms with E-state index in [4.69, 9.17) is 36.3 Å². The lowest BCUT2D eigenvalue weighted by Gasteiger charge is -2.29. The first kappa shape index (κ1) is 37.9. The minimum atomic E-state index is -1.21. The summed E-state index contributed by atoms with van der Waals surface area (Å²) in [5, 5.41) is 5.91. The Labute approximate surface area is 293 Å². The van der Waals surface area contributed by atoms with Gasteiger partial charge in [-0.05, 0) is 61.1 Å². The summed E-state index contributed by atoms with van der Waals surface area (Å²) in [6.45, 7) is 9.33. The molecule has 4 rings (SSSR count). The fourth-order valence-electron chi connectivity index (χ4n) is 5.67. The molecule has 2 amide bonds. The molecule has 266 valence electrons.